The Kier molecular flexibility index (Phi) is 7.12. The summed E-state index contributed by atoms with van der Waals surface area (Å²) in [5, 5.41) is 21.2. The number of ketones is 1. The Hall–Kier alpha value is -0.790. The third-order valence-electron chi connectivity index (χ3n) is 11.4. The van der Waals surface area contributed by atoms with Crippen LogP contribution >= 0.6 is 0 Å². The number of aliphatic hydroxyl groups is 2. The number of carbonyl (C=O) groups is 1. The fourth-order valence-corrected chi connectivity index (χ4v) is 10.1. The van der Waals surface area contributed by atoms with Gasteiger partial charge in [-0.2, -0.15) is 0 Å². The molecule has 1 saturated heterocycles. The van der Waals surface area contributed by atoms with Crippen molar-refractivity contribution in [1.82, 2.24) is 0 Å². The van der Waals surface area contributed by atoms with E-state index in [-0.39, 0.29) is 40.7 Å². The third kappa shape index (κ3) is 5.31. The van der Waals surface area contributed by atoms with Crippen molar-refractivity contribution in [3.63, 3.8) is 0 Å². The van der Waals surface area contributed by atoms with Crippen molar-refractivity contribution in [2.45, 2.75) is 155 Å². The summed E-state index contributed by atoms with van der Waals surface area (Å²) in [7, 11) is 0. The molecule has 0 spiro atoms. The first kappa shape index (κ1) is 29.7. The fourth-order valence-electron chi connectivity index (χ4n) is 10.1. The maximum Gasteiger partial charge on any atom is 0.163 e. The summed E-state index contributed by atoms with van der Waals surface area (Å²) in [5.41, 5.74) is 0.00746. The largest absolute Gasteiger partial charge is 0.390 e. The van der Waals surface area contributed by atoms with Crippen LogP contribution in [0.1, 0.15) is 120 Å². The van der Waals surface area contributed by atoms with Crippen LogP contribution in [0.25, 0.3) is 0 Å². The van der Waals surface area contributed by atoms with Gasteiger partial charge >= 0.3 is 0 Å². The molecule has 3 saturated carbocycles. The molecule has 1 heterocycles. The molecule has 0 aromatic carbocycles. The van der Waals surface area contributed by atoms with Crippen LogP contribution in [0.2, 0.25) is 0 Å². The van der Waals surface area contributed by atoms with Gasteiger partial charge in [-0.25, -0.2) is 0 Å². The Morgan fingerprint density at radius 2 is 1.54 bits per heavy atom. The van der Waals surface area contributed by atoms with E-state index < -0.39 is 22.8 Å². The first-order valence-electron chi connectivity index (χ1n) is 15.5. The SMILES string of the molecule is CC(C)(O)CCCC(C)(OC(C)(C)O)C1CCC2C3=CC(=O)C4CC5OC(C)(C)OC5CC4(C)C3CCC21C. The van der Waals surface area contributed by atoms with E-state index in [0.717, 1.165) is 51.4 Å². The second-order valence-corrected chi connectivity index (χ2v) is 16.1. The van der Waals surface area contributed by atoms with Gasteiger partial charge < -0.3 is 24.4 Å². The van der Waals surface area contributed by atoms with Crippen molar-refractivity contribution < 1.29 is 29.2 Å². The van der Waals surface area contributed by atoms with Crippen molar-refractivity contribution >= 4 is 5.78 Å². The minimum Gasteiger partial charge on any atom is -0.390 e. The van der Waals surface area contributed by atoms with E-state index in [4.69, 9.17) is 14.2 Å². The molecule has 6 nitrogen and oxygen atoms in total. The summed E-state index contributed by atoms with van der Waals surface area (Å²) in [4.78, 5) is 13.8. The predicted octanol–water partition coefficient (Wildman–Crippen LogP) is 6.32. The standard InChI is InChI=1S/C33H54O6/c1-28(2,35)14-10-15-33(9,39-29(3,4)36)27-12-11-21-20-17-24(34)23-18-25-26(38-30(5,6)37-25)19-32(23,8)22(20)13-16-31(21,27)7/h17,21-23,25-27,35-36H,10-16,18-19H2,1-9H3. The highest BCUT2D eigenvalue weighted by Gasteiger charge is 2.64. The summed E-state index contributed by atoms with van der Waals surface area (Å²) >= 11 is 0. The molecule has 9 unspecified atom stereocenters. The lowest BCUT2D eigenvalue weighted by Crippen LogP contribution is -2.56. The van der Waals surface area contributed by atoms with Gasteiger partial charge in [-0.15, -0.1) is 0 Å². The quantitative estimate of drug-likeness (QED) is 0.364. The van der Waals surface area contributed by atoms with Gasteiger partial charge in [0, 0.05) is 5.92 Å². The number of allylic oxidation sites excluding steroid dienone is 2. The van der Waals surface area contributed by atoms with Crippen molar-refractivity contribution in [2.75, 3.05) is 0 Å². The summed E-state index contributed by atoms with van der Waals surface area (Å²) in [6.45, 7) is 18.1. The fraction of sp³-hybridized carbons (Fsp3) is 0.909. The Balaban J connectivity index is 1.43. The van der Waals surface area contributed by atoms with Gasteiger partial charge in [0.05, 0.1) is 23.4 Å². The van der Waals surface area contributed by atoms with Gasteiger partial charge in [0.15, 0.2) is 17.4 Å². The molecule has 4 aliphatic carbocycles. The molecule has 222 valence electrons. The van der Waals surface area contributed by atoms with Crippen LogP contribution in [0.15, 0.2) is 11.6 Å². The molecule has 39 heavy (non-hydrogen) atoms. The van der Waals surface area contributed by atoms with Gasteiger partial charge in [-0.05, 0) is 141 Å². The maximum atomic E-state index is 13.8. The molecule has 0 aromatic rings. The van der Waals surface area contributed by atoms with Crippen molar-refractivity contribution in [3.8, 4) is 0 Å². The number of rotatable bonds is 7. The first-order chi connectivity index (χ1) is 17.8. The summed E-state index contributed by atoms with van der Waals surface area (Å²) < 4.78 is 19.1. The van der Waals surface area contributed by atoms with Crippen LogP contribution in [0, 0.1) is 34.5 Å². The molecule has 0 amide bonds. The van der Waals surface area contributed by atoms with Gasteiger partial charge in [0.2, 0.25) is 0 Å². The van der Waals surface area contributed by atoms with Crippen molar-refractivity contribution in [2.24, 2.45) is 34.5 Å². The van der Waals surface area contributed by atoms with Crippen LogP contribution in [0.5, 0.6) is 0 Å². The zero-order chi connectivity index (χ0) is 28.8. The van der Waals surface area contributed by atoms with Crippen molar-refractivity contribution in [1.29, 1.82) is 0 Å². The highest BCUT2D eigenvalue weighted by molar-refractivity contribution is 5.94. The molecule has 0 bridgehead atoms. The zero-order valence-electron chi connectivity index (χ0n) is 25.9. The summed E-state index contributed by atoms with van der Waals surface area (Å²) in [6.07, 6.45) is 10.3. The molecule has 5 rings (SSSR count). The average Bonchev–Trinajstić information content (AvgIpc) is 3.25. The minimum absolute atomic E-state index is 0.00261. The van der Waals surface area contributed by atoms with Gasteiger partial charge in [-0.3, -0.25) is 4.79 Å². The lowest BCUT2D eigenvalue weighted by atomic mass is 9.47. The molecule has 0 aromatic heterocycles. The van der Waals surface area contributed by atoms with E-state index in [1.807, 2.05) is 33.8 Å². The van der Waals surface area contributed by atoms with Crippen LogP contribution in [-0.4, -0.2) is 51.0 Å². The third-order valence-corrected chi connectivity index (χ3v) is 11.4. The van der Waals surface area contributed by atoms with Crippen LogP contribution in [0.4, 0.5) is 0 Å². The highest BCUT2D eigenvalue weighted by Crippen LogP contribution is 2.68. The predicted molar refractivity (Wildman–Crippen MR) is 151 cm³/mol. The highest BCUT2D eigenvalue weighted by atomic mass is 16.8. The van der Waals surface area contributed by atoms with E-state index in [1.54, 1.807) is 13.8 Å². The topological polar surface area (TPSA) is 85.2 Å². The van der Waals surface area contributed by atoms with E-state index in [1.165, 1.54) is 5.57 Å². The smallest absolute Gasteiger partial charge is 0.163 e. The summed E-state index contributed by atoms with van der Waals surface area (Å²) in [5.74, 6) is -0.557. The Morgan fingerprint density at radius 1 is 0.897 bits per heavy atom. The molecule has 9 atom stereocenters. The lowest BCUT2D eigenvalue weighted by Gasteiger charge is -2.58. The number of fused-ring (bicyclic) bond motifs is 6. The molecule has 0 radical (unpaired) electrons. The normalized spacial score (nSPS) is 43.2. The summed E-state index contributed by atoms with van der Waals surface area (Å²) in [6, 6.07) is 0. The average molecular weight is 547 g/mol. The van der Waals surface area contributed by atoms with Gasteiger partial charge in [-0.1, -0.05) is 19.4 Å². The van der Waals surface area contributed by atoms with Crippen LogP contribution in [0.3, 0.4) is 0 Å². The van der Waals surface area contributed by atoms with Crippen molar-refractivity contribution in [3.05, 3.63) is 11.6 Å². The first-order valence-corrected chi connectivity index (χ1v) is 15.5. The van der Waals surface area contributed by atoms with E-state index >= 15 is 0 Å². The molecule has 4 fully saturated rings. The molecular weight excluding hydrogens is 492 g/mol. The van der Waals surface area contributed by atoms with E-state index in [9.17, 15) is 15.0 Å². The second-order valence-electron chi connectivity index (χ2n) is 16.1. The van der Waals surface area contributed by atoms with Crippen LogP contribution < -0.4 is 0 Å². The van der Waals surface area contributed by atoms with Gasteiger partial charge in [0.1, 0.15) is 0 Å². The number of carbonyl (C=O) groups excluding carboxylic acids is 1. The minimum atomic E-state index is -1.24. The Bertz CT molecular complexity index is 1000. The maximum absolute atomic E-state index is 13.8. The Labute approximate surface area is 236 Å². The zero-order valence-corrected chi connectivity index (χ0v) is 25.9. The molecular formula is C33H54O6. The second kappa shape index (κ2) is 9.36. The van der Waals surface area contributed by atoms with E-state index in [0.29, 0.717) is 18.3 Å². The molecule has 6 heteroatoms. The number of hydrogen-bond donors (Lipinski definition) is 2. The van der Waals surface area contributed by atoms with Crippen LogP contribution in [-0.2, 0) is 19.0 Å². The lowest BCUT2D eigenvalue weighted by molar-refractivity contribution is -0.268. The molecule has 2 N–H and O–H groups in total. The monoisotopic (exact) mass is 546 g/mol. The van der Waals surface area contributed by atoms with Gasteiger partial charge in [0.25, 0.3) is 0 Å². The van der Waals surface area contributed by atoms with E-state index in [2.05, 4.69) is 20.8 Å². The Morgan fingerprint density at radius 3 is 2.18 bits per heavy atom. The number of ether oxygens (including phenoxy) is 3. The molecule has 5 aliphatic rings. The molecule has 1 aliphatic heterocycles. The number of hydrogen-bond acceptors (Lipinski definition) is 6.